The smallest absolute Gasteiger partial charge is 0.394 e. The Morgan fingerprint density at radius 2 is 2.08 bits per heavy atom. The minimum absolute atomic E-state index is 0.234. The van der Waals surface area contributed by atoms with Gasteiger partial charge in [0.1, 0.15) is 5.75 Å². The van der Waals surface area contributed by atoms with Gasteiger partial charge in [0, 0.05) is 18.8 Å². The van der Waals surface area contributed by atoms with Crippen LogP contribution in [0.4, 0.5) is 23.7 Å². The van der Waals surface area contributed by atoms with E-state index in [1.54, 1.807) is 6.92 Å². The molecule has 1 aromatic rings. The minimum Gasteiger partial charge on any atom is -0.492 e. The van der Waals surface area contributed by atoms with Crippen LogP contribution in [0, 0.1) is 11.8 Å². The van der Waals surface area contributed by atoms with Crippen LogP contribution in [0.3, 0.4) is 0 Å². The molecule has 1 saturated heterocycles. The number of rotatable bonds is 4. The Kier molecular flexibility index (Phi) is 5.66. The molecule has 2 N–H and O–H groups in total. The second kappa shape index (κ2) is 7.38. The summed E-state index contributed by atoms with van der Waals surface area (Å²) in [6.45, 7) is 0.942. The number of nitrogens with zero attached hydrogens (tertiary/aromatic N) is 1. The topological polar surface area (TPSA) is 78.9 Å². The summed E-state index contributed by atoms with van der Waals surface area (Å²) >= 11 is 5.98. The molecule has 1 aliphatic rings. The van der Waals surface area contributed by atoms with Crippen molar-refractivity contribution in [2.75, 3.05) is 25.0 Å². The first-order chi connectivity index (χ1) is 11.6. The molecule has 2 rings (SSSR count). The third-order valence-electron chi connectivity index (χ3n) is 3.83. The van der Waals surface area contributed by atoms with E-state index in [0.717, 1.165) is 4.90 Å². The first-order valence-electron chi connectivity index (χ1n) is 7.41. The van der Waals surface area contributed by atoms with E-state index in [0.29, 0.717) is 12.4 Å². The Bertz CT molecular complexity index is 669. The van der Waals surface area contributed by atoms with Crippen LogP contribution in [-0.2, 0) is 4.79 Å². The van der Waals surface area contributed by atoms with Crippen molar-refractivity contribution in [2.45, 2.75) is 13.1 Å². The van der Waals surface area contributed by atoms with E-state index in [9.17, 15) is 22.8 Å². The maximum absolute atomic E-state index is 13.0. The SMILES string of the molecule is CCOc1ccc(NC(=O)N2C[C@@H](C(F)(F)F)[C@H](C(=O)O)C2)cc1Cl. The molecule has 0 saturated carbocycles. The number of halogens is 4. The number of nitrogens with one attached hydrogen (secondary N) is 1. The Balaban J connectivity index is 2.08. The monoisotopic (exact) mass is 380 g/mol. The fourth-order valence-corrected chi connectivity index (χ4v) is 2.84. The van der Waals surface area contributed by atoms with E-state index in [1.165, 1.54) is 18.2 Å². The summed E-state index contributed by atoms with van der Waals surface area (Å²) in [4.78, 5) is 24.0. The van der Waals surface area contributed by atoms with Gasteiger partial charge in [-0.05, 0) is 25.1 Å². The molecule has 0 spiro atoms. The van der Waals surface area contributed by atoms with Crippen molar-refractivity contribution in [1.29, 1.82) is 0 Å². The lowest BCUT2D eigenvalue weighted by Gasteiger charge is -2.19. The molecular formula is C15H16ClF3N2O4. The van der Waals surface area contributed by atoms with Gasteiger partial charge in [0.25, 0.3) is 0 Å². The number of hydrogen-bond donors (Lipinski definition) is 2. The van der Waals surface area contributed by atoms with Crippen LogP contribution < -0.4 is 10.1 Å². The summed E-state index contributed by atoms with van der Waals surface area (Å²) in [5, 5.41) is 11.6. The lowest BCUT2D eigenvalue weighted by atomic mass is 9.96. The number of carboxylic acid groups (broad SMARTS) is 1. The number of alkyl halides is 3. The van der Waals surface area contributed by atoms with Gasteiger partial charge in [-0.3, -0.25) is 4.79 Å². The van der Waals surface area contributed by atoms with Gasteiger partial charge in [-0.2, -0.15) is 13.2 Å². The van der Waals surface area contributed by atoms with Crippen molar-refractivity contribution in [3.63, 3.8) is 0 Å². The van der Waals surface area contributed by atoms with Crippen LogP contribution in [0.5, 0.6) is 5.75 Å². The van der Waals surface area contributed by atoms with Gasteiger partial charge < -0.3 is 20.1 Å². The van der Waals surface area contributed by atoms with Crippen LogP contribution in [0.25, 0.3) is 0 Å². The number of benzene rings is 1. The molecule has 6 nitrogen and oxygen atoms in total. The van der Waals surface area contributed by atoms with Gasteiger partial charge in [0.05, 0.1) is 23.5 Å². The summed E-state index contributed by atoms with van der Waals surface area (Å²) < 4.78 is 44.1. The number of aliphatic carboxylic acids is 1. The lowest BCUT2D eigenvalue weighted by molar-refractivity contribution is -0.187. The van der Waals surface area contributed by atoms with Crippen molar-refractivity contribution in [1.82, 2.24) is 4.90 Å². The average Bonchev–Trinajstić information content (AvgIpc) is 2.96. The van der Waals surface area contributed by atoms with E-state index >= 15 is 0 Å². The summed E-state index contributed by atoms with van der Waals surface area (Å²) in [7, 11) is 0. The second-order valence-corrected chi connectivity index (χ2v) is 5.91. The molecular weight excluding hydrogens is 365 g/mol. The highest BCUT2D eigenvalue weighted by Gasteiger charge is 2.53. The largest absolute Gasteiger partial charge is 0.492 e. The van der Waals surface area contributed by atoms with Gasteiger partial charge in [-0.25, -0.2) is 4.79 Å². The number of amides is 2. The van der Waals surface area contributed by atoms with Crippen LogP contribution in [-0.4, -0.2) is 47.9 Å². The number of ether oxygens (including phenoxy) is 1. The van der Waals surface area contributed by atoms with Gasteiger partial charge in [-0.1, -0.05) is 11.6 Å². The van der Waals surface area contributed by atoms with Gasteiger partial charge >= 0.3 is 18.2 Å². The summed E-state index contributed by atoms with van der Waals surface area (Å²) in [6, 6.07) is 3.58. The van der Waals surface area contributed by atoms with E-state index in [2.05, 4.69) is 5.32 Å². The lowest BCUT2D eigenvalue weighted by Crippen LogP contribution is -2.35. The highest BCUT2D eigenvalue weighted by atomic mass is 35.5. The molecule has 25 heavy (non-hydrogen) atoms. The standard InChI is InChI=1S/C15H16ClF3N2O4/c1-2-25-12-4-3-8(5-11(12)16)20-14(24)21-6-9(13(22)23)10(7-21)15(17,18)19/h3-5,9-10H,2,6-7H2,1H3,(H,20,24)(H,22,23)/t9-,10-/m1/s1. The number of carbonyl (C=O) groups excluding carboxylic acids is 1. The predicted molar refractivity (Wildman–Crippen MR) is 83.9 cm³/mol. The molecule has 1 aromatic carbocycles. The summed E-state index contributed by atoms with van der Waals surface area (Å²) in [5.74, 6) is -4.96. The van der Waals surface area contributed by atoms with E-state index in [4.69, 9.17) is 21.4 Å². The highest BCUT2D eigenvalue weighted by molar-refractivity contribution is 6.32. The van der Waals surface area contributed by atoms with Gasteiger partial charge in [-0.15, -0.1) is 0 Å². The number of hydrogen-bond acceptors (Lipinski definition) is 3. The molecule has 0 radical (unpaired) electrons. The molecule has 10 heteroatoms. The van der Waals surface area contributed by atoms with Gasteiger partial charge in [0.2, 0.25) is 0 Å². The maximum atomic E-state index is 13.0. The fourth-order valence-electron chi connectivity index (χ4n) is 2.61. The maximum Gasteiger partial charge on any atom is 0.394 e. The Morgan fingerprint density at radius 3 is 2.56 bits per heavy atom. The normalized spacial score (nSPS) is 20.4. The van der Waals surface area contributed by atoms with Crippen molar-refractivity contribution in [3.05, 3.63) is 23.2 Å². The van der Waals surface area contributed by atoms with Gasteiger partial charge in [0.15, 0.2) is 0 Å². The van der Waals surface area contributed by atoms with Crippen molar-refractivity contribution in [2.24, 2.45) is 11.8 Å². The number of likely N-dealkylation sites (tertiary alicyclic amines) is 1. The molecule has 1 fully saturated rings. The molecule has 2 atom stereocenters. The van der Waals surface area contributed by atoms with Crippen molar-refractivity contribution < 1.29 is 32.6 Å². The molecule has 1 aliphatic heterocycles. The van der Waals surface area contributed by atoms with E-state index in [1.807, 2.05) is 0 Å². The predicted octanol–water partition coefficient (Wildman–Crippen LogP) is 3.47. The molecule has 0 bridgehead atoms. The molecule has 1 heterocycles. The Labute approximate surface area is 146 Å². The van der Waals surface area contributed by atoms with Crippen LogP contribution in [0.2, 0.25) is 5.02 Å². The summed E-state index contributed by atoms with van der Waals surface area (Å²) in [6.07, 6.45) is -4.69. The third-order valence-corrected chi connectivity index (χ3v) is 4.12. The third kappa shape index (κ3) is 4.47. The average molecular weight is 381 g/mol. The minimum atomic E-state index is -4.69. The van der Waals surface area contributed by atoms with E-state index in [-0.39, 0.29) is 10.7 Å². The number of carbonyl (C=O) groups is 2. The summed E-state index contributed by atoms with van der Waals surface area (Å²) in [5.41, 5.74) is 0.265. The molecule has 0 unspecified atom stereocenters. The second-order valence-electron chi connectivity index (χ2n) is 5.51. The zero-order valence-corrected chi connectivity index (χ0v) is 13.9. The quantitative estimate of drug-likeness (QED) is 0.838. The van der Waals surface area contributed by atoms with Crippen LogP contribution >= 0.6 is 11.6 Å². The number of urea groups is 1. The number of carboxylic acids is 1. The zero-order chi connectivity index (χ0) is 18.8. The van der Waals surface area contributed by atoms with Crippen molar-refractivity contribution in [3.8, 4) is 5.75 Å². The highest BCUT2D eigenvalue weighted by Crippen LogP contribution is 2.38. The number of anilines is 1. The first kappa shape index (κ1) is 19.2. The van der Waals surface area contributed by atoms with E-state index < -0.39 is 43.1 Å². The Hall–Kier alpha value is -2.16. The molecule has 2 amide bonds. The van der Waals surface area contributed by atoms with Crippen LogP contribution in [0.1, 0.15) is 6.92 Å². The molecule has 138 valence electrons. The fraction of sp³-hybridized carbons (Fsp3) is 0.467. The van der Waals surface area contributed by atoms with Crippen LogP contribution in [0.15, 0.2) is 18.2 Å². The van der Waals surface area contributed by atoms with Crippen molar-refractivity contribution >= 4 is 29.3 Å². The Morgan fingerprint density at radius 1 is 1.40 bits per heavy atom. The molecule has 0 aromatic heterocycles. The zero-order valence-electron chi connectivity index (χ0n) is 13.1. The first-order valence-corrected chi connectivity index (χ1v) is 7.79. The molecule has 0 aliphatic carbocycles.